The third-order valence-corrected chi connectivity index (χ3v) is 6.39. The van der Waals surface area contributed by atoms with Gasteiger partial charge in [-0.1, -0.05) is 41.5 Å². The molecule has 0 unspecified atom stereocenters. The van der Waals surface area contributed by atoms with Crippen molar-refractivity contribution in [1.29, 1.82) is 0 Å². The highest BCUT2D eigenvalue weighted by Crippen LogP contribution is 2.41. The SMILES string of the molecule is CCOC(=O)C(=O)c1ccc(OCCCCC(=O)c2cc(C(C)(C)C)c(OCOCCOC)c(C(C)(C)C)c2)cc1. The van der Waals surface area contributed by atoms with Crippen LogP contribution in [0.5, 0.6) is 11.5 Å². The third kappa shape index (κ3) is 10.6. The van der Waals surface area contributed by atoms with Crippen molar-refractivity contribution in [2.45, 2.75) is 78.6 Å². The van der Waals surface area contributed by atoms with E-state index in [1.807, 2.05) is 12.1 Å². The number of methoxy groups -OCH3 is 1. The van der Waals surface area contributed by atoms with Gasteiger partial charge in [0.25, 0.3) is 5.78 Å². The van der Waals surface area contributed by atoms with Crippen molar-refractivity contribution in [3.8, 4) is 11.5 Å². The highest BCUT2D eigenvalue weighted by atomic mass is 16.7. The second-order valence-corrected chi connectivity index (χ2v) is 11.9. The van der Waals surface area contributed by atoms with E-state index in [2.05, 4.69) is 41.5 Å². The van der Waals surface area contributed by atoms with Crippen molar-refractivity contribution in [3.05, 3.63) is 58.7 Å². The molecule has 8 nitrogen and oxygen atoms in total. The fourth-order valence-electron chi connectivity index (χ4n) is 4.10. The van der Waals surface area contributed by atoms with Crippen molar-refractivity contribution in [3.63, 3.8) is 0 Å². The Morgan fingerprint density at radius 2 is 1.37 bits per heavy atom. The second-order valence-electron chi connectivity index (χ2n) is 11.9. The molecule has 0 spiro atoms. The molecular weight excluding hydrogens is 524 g/mol. The zero-order chi connectivity index (χ0) is 30.6. The van der Waals surface area contributed by atoms with Gasteiger partial charge in [0.05, 0.1) is 26.4 Å². The average molecular weight is 571 g/mol. The van der Waals surface area contributed by atoms with Gasteiger partial charge >= 0.3 is 5.97 Å². The van der Waals surface area contributed by atoms with Crippen LogP contribution in [0.1, 0.15) is 99.6 Å². The predicted molar refractivity (Wildman–Crippen MR) is 158 cm³/mol. The second kappa shape index (κ2) is 15.7. The van der Waals surface area contributed by atoms with Crippen LogP contribution in [0.25, 0.3) is 0 Å². The number of hydrogen-bond donors (Lipinski definition) is 0. The Balaban J connectivity index is 2.03. The van der Waals surface area contributed by atoms with E-state index in [1.165, 1.54) is 12.1 Å². The summed E-state index contributed by atoms with van der Waals surface area (Å²) in [6.45, 7) is 15.9. The maximum Gasteiger partial charge on any atom is 0.379 e. The third-order valence-electron chi connectivity index (χ3n) is 6.39. The molecule has 2 aromatic rings. The molecule has 0 aliphatic carbocycles. The number of unbranched alkanes of at least 4 members (excludes halogenated alkanes) is 1. The standard InChI is InChI=1S/C33H46O8/c1-9-39-31(36)29(35)23-13-15-25(16-14-23)40-17-11-10-12-28(34)24-20-26(32(2,3)4)30(27(21-24)33(5,6)7)41-22-38-19-18-37-8/h13-16,20-21H,9-12,17-19,22H2,1-8H3. The zero-order valence-electron chi connectivity index (χ0n) is 25.9. The Kier molecular flexibility index (Phi) is 13.0. The molecule has 226 valence electrons. The van der Waals surface area contributed by atoms with Crippen LogP contribution in [0.2, 0.25) is 0 Å². The topological polar surface area (TPSA) is 97.4 Å². The van der Waals surface area contributed by atoms with Crippen LogP contribution in [-0.4, -0.2) is 57.9 Å². The zero-order valence-corrected chi connectivity index (χ0v) is 25.9. The van der Waals surface area contributed by atoms with Crippen molar-refractivity contribution in [2.24, 2.45) is 0 Å². The van der Waals surface area contributed by atoms with Crippen molar-refractivity contribution >= 4 is 17.5 Å². The van der Waals surface area contributed by atoms with Gasteiger partial charge in [0.15, 0.2) is 12.6 Å². The smallest absolute Gasteiger partial charge is 0.379 e. The van der Waals surface area contributed by atoms with Gasteiger partial charge in [-0.05, 0) is 67.0 Å². The van der Waals surface area contributed by atoms with Crippen LogP contribution >= 0.6 is 0 Å². The highest BCUT2D eigenvalue weighted by Gasteiger charge is 2.29. The molecule has 0 aliphatic heterocycles. The number of carbonyl (C=O) groups excluding carboxylic acids is 3. The lowest BCUT2D eigenvalue weighted by Gasteiger charge is -2.30. The number of esters is 1. The van der Waals surface area contributed by atoms with Gasteiger partial charge in [-0.3, -0.25) is 9.59 Å². The number of hydrogen-bond acceptors (Lipinski definition) is 8. The largest absolute Gasteiger partial charge is 0.494 e. The Morgan fingerprint density at radius 3 is 1.90 bits per heavy atom. The van der Waals surface area contributed by atoms with E-state index >= 15 is 0 Å². The molecule has 2 aromatic carbocycles. The van der Waals surface area contributed by atoms with Gasteiger partial charge in [0.1, 0.15) is 11.5 Å². The summed E-state index contributed by atoms with van der Waals surface area (Å²) < 4.78 is 27.3. The summed E-state index contributed by atoms with van der Waals surface area (Å²) in [5.41, 5.74) is 2.37. The predicted octanol–water partition coefficient (Wildman–Crippen LogP) is 6.46. The van der Waals surface area contributed by atoms with Crippen LogP contribution in [0.15, 0.2) is 36.4 Å². The van der Waals surface area contributed by atoms with Crippen molar-refractivity contribution in [1.82, 2.24) is 0 Å². The number of carbonyl (C=O) groups is 3. The van der Waals surface area contributed by atoms with E-state index in [-0.39, 0.29) is 35.6 Å². The van der Waals surface area contributed by atoms with Crippen molar-refractivity contribution in [2.75, 3.05) is 40.3 Å². The number of rotatable bonds is 16. The number of Topliss-reactive ketones (excluding diaryl/α,β-unsaturated/α-hetero) is 2. The molecule has 0 fully saturated rings. The van der Waals surface area contributed by atoms with Gasteiger partial charge < -0.3 is 23.7 Å². The average Bonchev–Trinajstić information content (AvgIpc) is 2.91. The van der Waals surface area contributed by atoms with E-state index in [0.717, 1.165) is 16.9 Å². The minimum atomic E-state index is -0.871. The summed E-state index contributed by atoms with van der Waals surface area (Å²) in [5, 5.41) is 0. The van der Waals surface area contributed by atoms with Gasteiger partial charge in [-0.2, -0.15) is 0 Å². The van der Waals surface area contributed by atoms with Gasteiger partial charge in [0, 0.05) is 35.8 Å². The first-order valence-electron chi connectivity index (χ1n) is 14.2. The summed E-state index contributed by atoms with van der Waals surface area (Å²) in [6, 6.07) is 10.3. The number of ketones is 2. The summed E-state index contributed by atoms with van der Waals surface area (Å²) in [7, 11) is 1.63. The Hall–Kier alpha value is -3.23. The fraction of sp³-hybridized carbons (Fsp3) is 0.545. The molecule has 0 atom stereocenters. The Labute approximate surface area is 244 Å². The first kappa shape index (κ1) is 34.0. The summed E-state index contributed by atoms with van der Waals surface area (Å²) in [4.78, 5) is 36.9. The van der Waals surface area contributed by atoms with Crippen molar-refractivity contribution < 1.29 is 38.1 Å². The van der Waals surface area contributed by atoms with E-state index in [1.54, 1.807) is 26.2 Å². The fourth-order valence-corrected chi connectivity index (χ4v) is 4.10. The van der Waals surface area contributed by atoms with Crippen LogP contribution in [0, 0.1) is 0 Å². The van der Waals surface area contributed by atoms with E-state index in [0.29, 0.717) is 50.4 Å². The lowest BCUT2D eigenvalue weighted by Crippen LogP contribution is -2.22. The maximum absolute atomic E-state index is 13.3. The lowest BCUT2D eigenvalue weighted by atomic mass is 9.78. The van der Waals surface area contributed by atoms with Gasteiger partial charge in [-0.25, -0.2) is 4.79 Å². The quantitative estimate of drug-likeness (QED) is 0.0746. The van der Waals surface area contributed by atoms with Crippen LogP contribution in [-0.2, 0) is 29.8 Å². The van der Waals surface area contributed by atoms with E-state index in [9.17, 15) is 14.4 Å². The highest BCUT2D eigenvalue weighted by molar-refractivity contribution is 6.40. The first-order valence-corrected chi connectivity index (χ1v) is 14.2. The summed E-state index contributed by atoms with van der Waals surface area (Å²) >= 11 is 0. The normalized spacial score (nSPS) is 11.7. The molecular formula is C33H46O8. The monoisotopic (exact) mass is 570 g/mol. The molecule has 0 radical (unpaired) electrons. The minimum Gasteiger partial charge on any atom is -0.494 e. The van der Waals surface area contributed by atoms with Gasteiger partial charge in [0.2, 0.25) is 0 Å². The first-order chi connectivity index (χ1) is 19.3. The molecule has 0 saturated heterocycles. The number of ether oxygens (including phenoxy) is 5. The lowest BCUT2D eigenvalue weighted by molar-refractivity contribution is -0.137. The van der Waals surface area contributed by atoms with Gasteiger partial charge in [-0.15, -0.1) is 0 Å². The van der Waals surface area contributed by atoms with Crippen LogP contribution < -0.4 is 9.47 Å². The summed E-state index contributed by atoms with van der Waals surface area (Å²) in [5.74, 6) is -0.128. The molecule has 0 heterocycles. The molecule has 0 aliphatic rings. The molecule has 0 N–H and O–H groups in total. The molecule has 8 heteroatoms. The minimum absolute atomic E-state index is 0.0747. The van der Waals surface area contributed by atoms with E-state index in [4.69, 9.17) is 23.7 Å². The Bertz CT molecular complexity index is 1120. The molecule has 2 rings (SSSR count). The molecule has 41 heavy (non-hydrogen) atoms. The summed E-state index contributed by atoms with van der Waals surface area (Å²) in [6.07, 6.45) is 1.75. The molecule has 0 saturated carbocycles. The molecule has 0 bridgehead atoms. The van der Waals surface area contributed by atoms with Crippen LogP contribution in [0.3, 0.4) is 0 Å². The van der Waals surface area contributed by atoms with Crippen LogP contribution in [0.4, 0.5) is 0 Å². The molecule has 0 amide bonds. The van der Waals surface area contributed by atoms with E-state index < -0.39 is 11.8 Å². The Morgan fingerprint density at radius 1 is 0.756 bits per heavy atom. The molecule has 0 aromatic heterocycles. The number of benzene rings is 2. The maximum atomic E-state index is 13.3.